The molecule has 0 aliphatic rings. The Labute approximate surface area is 109 Å². The third-order valence-corrected chi connectivity index (χ3v) is 3.36. The molecule has 3 N–H and O–H groups in total. The lowest BCUT2D eigenvalue weighted by Crippen LogP contribution is -2.07. The van der Waals surface area contributed by atoms with Crippen LogP contribution in [-0.2, 0) is 21.3 Å². The number of aromatic carboxylic acids is 1. The SMILES string of the molecule is O=C(O)CCCc1ccc(C(=O)O)cc1S(=O)(=O)O. The molecule has 0 unspecified atom stereocenters. The molecule has 1 aromatic rings. The van der Waals surface area contributed by atoms with Crippen LogP contribution in [0.5, 0.6) is 0 Å². The fourth-order valence-electron chi connectivity index (χ4n) is 1.56. The maximum Gasteiger partial charge on any atom is 0.335 e. The summed E-state index contributed by atoms with van der Waals surface area (Å²) in [6.45, 7) is 0. The first-order valence-corrected chi connectivity index (χ1v) is 6.71. The first kappa shape index (κ1) is 15.1. The summed E-state index contributed by atoms with van der Waals surface area (Å²) in [5, 5.41) is 17.3. The summed E-state index contributed by atoms with van der Waals surface area (Å²) in [4.78, 5) is 20.6. The largest absolute Gasteiger partial charge is 0.481 e. The van der Waals surface area contributed by atoms with Crippen LogP contribution in [0.3, 0.4) is 0 Å². The maximum absolute atomic E-state index is 11.2. The Bertz CT molecular complexity index is 603. The molecular formula is C11H12O7S. The molecule has 1 rings (SSSR count). The highest BCUT2D eigenvalue weighted by Crippen LogP contribution is 2.20. The van der Waals surface area contributed by atoms with Gasteiger partial charge >= 0.3 is 11.9 Å². The quantitative estimate of drug-likeness (QED) is 0.667. The Hall–Kier alpha value is -1.93. The van der Waals surface area contributed by atoms with Crippen molar-refractivity contribution < 1.29 is 32.8 Å². The zero-order valence-electron chi connectivity index (χ0n) is 9.74. The van der Waals surface area contributed by atoms with Gasteiger partial charge in [0, 0.05) is 6.42 Å². The van der Waals surface area contributed by atoms with E-state index in [1.807, 2.05) is 0 Å². The number of hydrogen-bond acceptors (Lipinski definition) is 4. The van der Waals surface area contributed by atoms with Crippen LogP contribution >= 0.6 is 0 Å². The fourth-order valence-corrected chi connectivity index (χ4v) is 2.34. The summed E-state index contributed by atoms with van der Waals surface area (Å²) < 4.78 is 31.4. The van der Waals surface area contributed by atoms with E-state index < -0.39 is 27.0 Å². The number of aliphatic carboxylic acids is 1. The van der Waals surface area contributed by atoms with E-state index in [1.54, 1.807) is 0 Å². The molecule has 0 amide bonds. The van der Waals surface area contributed by atoms with Gasteiger partial charge in [0.2, 0.25) is 0 Å². The number of carboxylic acids is 2. The molecule has 0 heterocycles. The van der Waals surface area contributed by atoms with Gasteiger partial charge in [0.05, 0.1) is 10.5 Å². The normalized spacial score (nSPS) is 11.2. The average Bonchev–Trinajstić information content (AvgIpc) is 2.27. The van der Waals surface area contributed by atoms with E-state index in [4.69, 9.17) is 14.8 Å². The lowest BCUT2D eigenvalue weighted by Gasteiger charge is -2.07. The first-order valence-electron chi connectivity index (χ1n) is 5.27. The van der Waals surface area contributed by atoms with Crippen molar-refractivity contribution in [2.45, 2.75) is 24.2 Å². The van der Waals surface area contributed by atoms with E-state index in [0.29, 0.717) is 0 Å². The summed E-state index contributed by atoms with van der Waals surface area (Å²) in [6, 6.07) is 3.31. The Kier molecular flexibility index (Phi) is 4.62. The number of carbonyl (C=O) groups is 2. The molecule has 8 heteroatoms. The Morgan fingerprint density at radius 1 is 1.16 bits per heavy atom. The molecule has 1 aromatic carbocycles. The Balaban J connectivity index is 3.10. The van der Waals surface area contributed by atoms with Gasteiger partial charge in [-0.2, -0.15) is 8.42 Å². The second kappa shape index (κ2) is 5.81. The van der Waals surface area contributed by atoms with Crippen molar-refractivity contribution in [1.29, 1.82) is 0 Å². The zero-order valence-corrected chi connectivity index (χ0v) is 10.6. The van der Waals surface area contributed by atoms with Crippen LogP contribution in [0.25, 0.3) is 0 Å². The fraction of sp³-hybridized carbons (Fsp3) is 0.273. The highest BCUT2D eigenvalue weighted by Gasteiger charge is 2.18. The predicted molar refractivity (Wildman–Crippen MR) is 63.8 cm³/mol. The third-order valence-electron chi connectivity index (χ3n) is 2.43. The smallest absolute Gasteiger partial charge is 0.335 e. The molecular weight excluding hydrogens is 276 g/mol. The number of hydrogen-bond donors (Lipinski definition) is 3. The van der Waals surface area contributed by atoms with Crippen LogP contribution in [0.15, 0.2) is 23.1 Å². The van der Waals surface area contributed by atoms with Crippen LogP contribution in [0, 0.1) is 0 Å². The van der Waals surface area contributed by atoms with E-state index in [0.717, 1.165) is 6.07 Å². The summed E-state index contributed by atoms with van der Waals surface area (Å²) >= 11 is 0. The molecule has 0 fully saturated rings. The van der Waals surface area contributed by atoms with Crippen molar-refractivity contribution in [2.75, 3.05) is 0 Å². The monoisotopic (exact) mass is 288 g/mol. The first-order chi connectivity index (χ1) is 8.71. The molecule has 7 nitrogen and oxygen atoms in total. The van der Waals surface area contributed by atoms with Gasteiger partial charge in [-0.3, -0.25) is 9.35 Å². The van der Waals surface area contributed by atoms with Gasteiger partial charge in [-0.05, 0) is 30.5 Å². The predicted octanol–water partition coefficient (Wildman–Crippen LogP) is 1.04. The maximum atomic E-state index is 11.2. The molecule has 0 saturated heterocycles. The summed E-state index contributed by atoms with van der Waals surface area (Å²) in [6.07, 6.45) is 0.150. The third kappa shape index (κ3) is 4.34. The summed E-state index contributed by atoms with van der Waals surface area (Å²) in [7, 11) is -4.55. The van der Waals surface area contributed by atoms with Gasteiger partial charge in [-0.25, -0.2) is 4.79 Å². The minimum absolute atomic E-state index is 0.112. The molecule has 0 bridgehead atoms. The van der Waals surface area contributed by atoms with E-state index in [1.165, 1.54) is 12.1 Å². The van der Waals surface area contributed by atoms with E-state index in [-0.39, 0.29) is 30.4 Å². The van der Waals surface area contributed by atoms with Gasteiger partial charge in [0.15, 0.2) is 0 Å². The molecule has 0 aliphatic heterocycles. The van der Waals surface area contributed by atoms with Crippen LogP contribution in [-0.4, -0.2) is 35.1 Å². The highest BCUT2D eigenvalue weighted by molar-refractivity contribution is 7.85. The molecule has 19 heavy (non-hydrogen) atoms. The number of rotatable bonds is 6. The molecule has 104 valence electrons. The van der Waals surface area contributed by atoms with E-state index in [2.05, 4.69) is 0 Å². The molecule has 0 radical (unpaired) electrons. The number of benzene rings is 1. The minimum Gasteiger partial charge on any atom is -0.481 e. The van der Waals surface area contributed by atoms with Crippen LogP contribution in [0.1, 0.15) is 28.8 Å². The molecule has 0 saturated carbocycles. The molecule has 0 atom stereocenters. The lowest BCUT2D eigenvalue weighted by molar-refractivity contribution is -0.137. The van der Waals surface area contributed by atoms with Crippen molar-refractivity contribution in [3.8, 4) is 0 Å². The van der Waals surface area contributed by atoms with Gasteiger partial charge in [0.1, 0.15) is 0 Å². The van der Waals surface area contributed by atoms with Crippen molar-refractivity contribution in [3.63, 3.8) is 0 Å². The number of carboxylic acid groups (broad SMARTS) is 2. The van der Waals surface area contributed by atoms with Crippen molar-refractivity contribution >= 4 is 22.1 Å². The highest BCUT2D eigenvalue weighted by atomic mass is 32.2. The standard InChI is InChI=1S/C11H12O7S/c12-10(13)3-1-2-7-4-5-8(11(14)15)6-9(7)19(16,17)18/h4-6H,1-3H2,(H,12,13)(H,14,15)(H,16,17,18). The summed E-state index contributed by atoms with van der Waals surface area (Å²) in [5.41, 5.74) is -0.0802. The second-order valence-corrected chi connectivity index (χ2v) is 5.24. The summed E-state index contributed by atoms with van der Waals surface area (Å²) in [5.74, 6) is -2.34. The van der Waals surface area contributed by atoms with E-state index in [9.17, 15) is 18.0 Å². The Morgan fingerprint density at radius 3 is 2.26 bits per heavy atom. The van der Waals surface area contributed by atoms with Crippen molar-refractivity contribution in [3.05, 3.63) is 29.3 Å². The van der Waals surface area contributed by atoms with Crippen LogP contribution < -0.4 is 0 Å². The van der Waals surface area contributed by atoms with Crippen molar-refractivity contribution in [2.24, 2.45) is 0 Å². The number of aryl methyl sites for hydroxylation is 1. The molecule has 0 aliphatic carbocycles. The average molecular weight is 288 g/mol. The minimum atomic E-state index is -4.55. The van der Waals surface area contributed by atoms with Crippen LogP contribution in [0.4, 0.5) is 0 Å². The molecule has 0 spiro atoms. The topological polar surface area (TPSA) is 129 Å². The van der Waals surface area contributed by atoms with Gasteiger partial charge in [-0.1, -0.05) is 6.07 Å². The second-order valence-electron chi connectivity index (χ2n) is 3.85. The molecule has 0 aromatic heterocycles. The van der Waals surface area contributed by atoms with Gasteiger partial charge in [-0.15, -0.1) is 0 Å². The van der Waals surface area contributed by atoms with E-state index >= 15 is 0 Å². The van der Waals surface area contributed by atoms with Crippen molar-refractivity contribution in [1.82, 2.24) is 0 Å². The van der Waals surface area contributed by atoms with Gasteiger partial charge in [0.25, 0.3) is 10.1 Å². The lowest BCUT2D eigenvalue weighted by atomic mass is 10.1. The van der Waals surface area contributed by atoms with Crippen LogP contribution in [0.2, 0.25) is 0 Å². The van der Waals surface area contributed by atoms with Gasteiger partial charge < -0.3 is 10.2 Å². The zero-order chi connectivity index (χ0) is 14.6. The Morgan fingerprint density at radius 2 is 1.79 bits per heavy atom.